The van der Waals surface area contributed by atoms with Gasteiger partial charge in [0.2, 0.25) is 0 Å². The zero-order chi connectivity index (χ0) is 19.0. The van der Waals surface area contributed by atoms with E-state index in [1.54, 1.807) is 6.07 Å². The summed E-state index contributed by atoms with van der Waals surface area (Å²) in [6.07, 6.45) is 6.22. The number of hydrogen-bond donors (Lipinski definition) is 3. The Balaban J connectivity index is 1.70. The van der Waals surface area contributed by atoms with Gasteiger partial charge in [0.25, 0.3) is 5.91 Å². The van der Waals surface area contributed by atoms with Crippen LogP contribution in [0.3, 0.4) is 0 Å². The monoisotopic (exact) mass is 368 g/mol. The van der Waals surface area contributed by atoms with Gasteiger partial charge in [-0.3, -0.25) is 9.69 Å². The number of piperidine rings is 1. The molecule has 0 spiro atoms. The van der Waals surface area contributed by atoms with Crippen molar-refractivity contribution in [3.05, 3.63) is 41.0 Å². The lowest BCUT2D eigenvalue weighted by atomic mass is 9.48. The molecule has 5 rings (SSSR count). The fourth-order valence-electron chi connectivity index (χ4n) is 6.18. The van der Waals surface area contributed by atoms with Crippen LogP contribution in [0.4, 0.5) is 0 Å². The van der Waals surface area contributed by atoms with E-state index in [1.807, 2.05) is 6.07 Å². The van der Waals surface area contributed by atoms with Crippen LogP contribution in [0.1, 0.15) is 60.0 Å². The van der Waals surface area contributed by atoms with Crippen LogP contribution in [0.5, 0.6) is 5.75 Å². The van der Waals surface area contributed by atoms with E-state index in [1.165, 1.54) is 12.8 Å². The highest BCUT2D eigenvalue weighted by molar-refractivity contribution is 5.96. The van der Waals surface area contributed by atoms with Crippen LogP contribution in [0.25, 0.3) is 0 Å². The number of primary amides is 1. The SMILES string of the molecule is C=C1CCC2(O)C3Cc4ccc(C(N)=O)c(O)c4C2(CCN3CC2CC2)C1. The quantitative estimate of drug-likeness (QED) is 0.714. The summed E-state index contributed by atoms with van der Waals surface area (Å²) in [5.41, 5.74) is 7.09. The van der Waals surface area contributed by atoms with Crippen LogP contribution in [0.2, 0.25) is 0 Å². The van der Waals surface area contributed by atoms with E-state index >= 15 is 0 Å². The third-order valence-corrected chi connectivity index (χ3v) is 7.67. The first-order chi connectivity index (χ1) is 12.9. The van der Waals surface area contributed by atoms with Gasteiger partial charge in [-0.2, -0.15) is 0 Å². The van der Waals surface area contributed by atoms with Gasteiger partial charge in [0.15, 0.2) is 0 Å². The summed E-state index contributed by atoms with van der Waals surface area (Å²) in [7, 11) is 0. The van der Waals surface area contributed by atoms with Gasteiger partial charge in [-0.15, -0.1) is 0 Å². The lowest BCUT2D eigenvalue weighted by Crippen LogP contribution is -2.72. The number of carbonyl (C=O) groups excluding carboxylic acids is 1. The highest BCUT2D eigenvalue weighted by atomic mass is 16.3. The summed E-state index contributed by atoms with van der Waals surface area (Å²) >= 11 is 0. The average molecular weight is 368 g/mol. The molecule has 1 aromatic carbocycles. The Bertz CT molecular complexity index is 846. The van der Waals surface area contributed by atoms with Gasteiger partial charge < -0.3 is 15.9 Å². The topological polar surface area (TPSA) is 86.8 Å². The van der Waals surface area contributed by atoms with Crippen LogP contribution in [0, 0.1) is 5.92 Å². The van der Waals surface area contributed by atoms with Crippen molar-refractivity contribution >= 4 is 5.91 Å². The zero-order valence-electron chi connectivity index (χ0n) is 15.7. The molecule has 3 atom stereocenters. The second-order valence-electron chi connectivity index (χ2n) is 9.20. The molecule has 5 nitrogen and oxygen atoms in total. The number of aromatic hydroxyl groups is 1. The number of carbonyl (C=O) groups is 1. The molecule has 0 radical (unpaired) electrons. The lowest BCUT2D eigenvalue weighted by molar-refractivity contribution is -0.159. The Morgan fingerprint density at radius 2 is 2.11 bits per heavy atom. The Morgan fingerprint density at radius 3 is 2.81 bits per heavy atom. The zero-order valence-corrected chi connectivity index (χ0v) is 15.7. The van der Waals surface area contributed by atoms with Crippen molar-refractivity contribution in [2.45, 2.75) is 62.0 Å². The predicted molar refractivity (Wildman–Crippen MR) is 103 cm³/mol. The van der Waals surface area contributed by atoms with Crippen LogP contribution in [-0.2, 0) is 11.8 Å². The van der Waals surface area contributed by atoms with Crippen LogP contribution >= 0.6 is 0 Å². The first-order valence-electron chi connectivity index (χ1n) is 10.1. The number of hydrogen-bond acceptors (Lipinski definition) is 4. The highest BCUT2D eigenvalue weighted by Crippen LogP contribution is 2.61. The Hall–Kier alpha value is -1.85. The highest BCUT2D eigenvalue weighted by Gasteiger charge is 2.64. The van der Waals surface area contributed by atoms with E-state index in [2.05, 4.69) is 11.5 Å². The van der Waals surface area contributed by atoms with Crippen molar-refractivity contribution in [1.82, 2.24) is 4.90 Å². The molecular formula is C22H28N2O3. The normalized spacial score (nSPS) is 35.4. The Morgan fingerprint density at radius 1 is 1.33 bits per heavy atom. The van der Waals surface area contributed by atoms with Crippen molar-refractivity contribution in [3.63, 3.8) is 0 Å². The van der Waals surface area contributed by atoms with Crippen molar-refractivity contribution in [2.75, 3.05) is 13.1 Å². The largest absolute Gasteiger partial charge is 0.507 e. The smallest absolute Gasteiger partial charge is 0.252 e. The van der Waals surface area contributed by atoms with Crippen LogP contribution in [0.15, 0.2) is 24.3 Å². The second-order valence-corrected chi connectivity index (χ2v) is 9.20. The number of rotatable bonds is 3. The van der Waals surface area contributed by atoms with E-state index in [4.69, 9.17) is 5.73 Å². The van der Waals surface area contributed by atoms with Gasteiger partial charge in [-0.25, -0.2) is 0 Å². The van der Waals surface area contributed by atoms with Gasteiger partial charge in [0, 0.05) is 23.6 Å². The van der Waals surface area contributed by atoms with Gasteiger partial charge >= 0.3 is 0 Å². The minimum absolute atomic E-state index is 0.0257. The molecular weight excluding hydrogens is 340 g/mol. The molecule has 1 aliphatic heterocycles. The molecule has 1 heterocycles. The van der Waals surface area contributed by atoms with Gasteiger partial charge in [-0.1, -0.05) is 18.2 Å². The molecule has 3 fully saturated rings. The number of aliphatic hydroxyl groups is 1. The van der Waals surface area contributed by atoms with E-state index in [-0.39, 0.29) is 17.4 Å². The molecule has 1 aromatic rings. The third-order valence-electron chi connectivity index (χ3n) is 7.67. The molecule has 3 aliphatic carbocycles. The molecule has 2 bridgehead atoms. The minimum atomic E-state index is -0.901. The molecule has 2 saturated carbocycles. The number of amides is 1. The standard InChI is InChI=1S/C22H28N2O3/c1-13-6-7-22(27)17-10-15-4-5-16(20(23)26)19(25)18(15)21(22,11-13)8-9-24(17)12-14-2-3-14/h4-5,14,17,25,27H,1-3,6-12H2,(H2,23,26). The summed E-state index contributed by atoms with van der Waals surface area (Å²) in [4.78, 5) is 14.3. The molecule has 5 heteroatoms. The summed E-state index contributed by atoms with van der Waals surface area (Å²) in [6.45, 7) is 6.19. The summed E-state index contributed by atoms with van der Waals surface area (Å²) in [5.74, 6) is 0.118. The molecule has 3 unspecified atom stereocenters. The molecule has 1 amide bonds. The molecule has 4 aliphatic rings. The van der Waals surface area contributed by atoms with Crippen molar-refractivity contribution in [1.29, 1.82) is 0 Å². The maximum Gasteiger partial charge on any atom is 0.252 e. The van der Waals surface area contributed by atoms with Gasteiger partial charge in [0.05, 0.1) is 11.2 Å². The fourth-order valence-corrected chi connectivity index (χ4v) is 6.18. The molecule has 144 valence electrons. The predicted octanol–water partition coefficient (Wildman–Crippen LogP) is 2.24. The maximum atomic E-state index is 12.1. The van der Waals surface area contributed by atoms with Crippen molar-refractivity contribution in [3.8, 4) is 5.75 Å². The number of nitrogens with two attached hydrogens (primary N) is 1. The maximum absolute atomic E-state index is 12.1. The first-order valence-corrected chi connectivity index (χ1v) is 10.1. The van der Waals surface area contributed by atoms with E-state index < -0.39 is 16.9 Å². The third kappa shape index (κ3) is 2.28. The number of fused-ring (bicyclic) bond motifs is 1. The molecule has 27 heavy (non-hydrogen) atoms. The minimum Gasteiger partial charge on any atom is -0.507 e. The number of allylic oxidation sites excluding steroid dienone is 1. The van der Waals surface area contributed by atoms with E-state index in [9.17, 15) is 15.0 Å². The Kier molecular flexibility index (Phi) is 3.57. The van der Waals surface area contributed by atoms with Crippen molar-refractivity contribution in [2.24, 2.45) is 11.7 Å². The van der Waals surface area contributed by atoms with Crippen LogP contribution in [-0.4, -0.2) is 45.8 Å². The van der Waals surface area contributed by atoms with E-state index in [0.717, 1.165) is 48.5 Å². The Labute approximate surface area is 159 Å². The first kappa shape index (κ1) is 17.3. The fraction of sp³-hybridized carbons (Fsp3) is 0.591. The lowest BCUT2D eigenvalue weighted by Gasteiger charge is -2.64. The van der Waals surface area contributed by atoms with Gasteiger partial charge in [-0.05, 0) is 69.0 Å². The number of likely N-dealkylation sites (tertiary alicyclic amines) is 1. The number of phenols is 1. The summed E-state index contributed by atoms with van der Waals surface area (Å²) in [5, 5.41) is 23.1. The molecule has 1 saturated heterocycles. The molecule has 0 aromatic heterocycles. The second kappa shape index (κ2) is 5.58. The van der Waals surface area contributed by atoms with Crippen molar-refractivity contribution < 1.29 is 15.0 Å². The molecule has 4 N–H and O–H groups in total. The number of nitrogens with zero attached hydrogens (tertiary/aromatic N) is 1. The average Bonchev–Trinajstić information content (AvgIpc) is 3.42. The number of benzene rings is 1. The summed E-state index contributed by atoms with van der Waals surface area (Å²) < 4.78 is 0. The van der Waals surface area contributed by atoms with Gasteiger partial charge in [0.1, 0.15) is 5.75 Å². The summed E-state index contributed by atoms with van der Waals surface area (Å²) in [6, 6.07) is 3.63. The van der Waals surface area contributed by atoms with Crippen LogP contribution < -0.4 is 5.73 Å². The van der Waals surface area contributed by atoms with E-state index in [0.29, 0.717) is 19.3 Å².